The Morgan fingerprint density at radius 1 is 1.24 bits per heavy atom. The Labute approximate surface area is 181 Å². The van der Waals surface area contributed by atoms with E-state index in [-0.39, 0.29) is 0 Å². The minimum absolute atomic E-state index is 0.477. The van der Waals surface area contributed by atoms with E-state index in [0.29, 0.717) is 22.6 Å². The SMILES string of the molecule is C=C.C=C.CN(C)Cc1ccc(-c2ncc(Cl)c(Nc3cc(C4CC4)[nH]n3)n2)s1. The summed E-state index contributed by atoms with van der Waals surface area (Å²) >= 11 is 7.95. The van der Waals surface area contributed by atoms with Gasteiger partial charge in [0.2, 0.25) is 0 Å². The molecule has 0 aromatic carbocycles. The zero-order valence-electron chi connectivity index (χ0n) is 16.9. The highest BCUT2D eigenvalue weighted by molar-refractivity contribution is 7.15. The third kappa shape index (κ3) is 6.25. The number of thiophene rings is 1. The number of aromatic nitrogens is 4. The first-order valence-electron chi connectivity index (χ1n) is 9.17. The Morgan fingerprint density at radius 2 is 1.97 bits per heavy atom. The molecule has 2 N–H and O–H groups in total. The molecule has 154 valence electrons. The van der Waals surface area contributed by atoms with E-state index in [2.05, 4.69) is 82.9 Å². The third-order valence-corrected chi connectivity index (χ3v) is 5.30. The quantitative estimate of drug-likeness (QED) is 0.478. The lowest BCUT2D eigenvalue weighted by atomic mass is 10.3. The first-order valence-corrected chi connectivity index (χ1v) is 10.4. The molecule has 1 fully saturated rings. The van der Waals surface area contributed by atoms with Gasteiger partial charge in [0.1, 0.15) is 5.02 Å². The molecule has 0 aliphatic heterocycles. The highest BCUT2D eigenvalue weighted by Gasteiger charge is 2.25. The van der Waals surface area contributed by atoms with Crippen molar-refractivity contribution in [2.45, 2.75) is 25.3 Å². The van der Waals surface area contributed by atoms with E-state index in [4.69, 9.17) is 11.6 Å². The first-order chi connectivity index (χ1) is 14.1. The van der Waals surface area contributed by atoms with Crippen LogP contribution in [0.2, 0.25) is 5.02 Å². The maximum atomic E-state index is 6.26. The second kappa shape index (κ2) is 10.9. The van der Waals surface area contributed by atoms with Crippen molar-refractivity contribution in [3.63, 3.8) is 0 Å². The van der Waals surface area contributed by atoms with E-state index in [9.17, 15) is 0 Å². The van der Waals surface area contributed by atoms with Gasteiger partial charge in [0.25, 0.3) is 0 Å². The highest BCUT2D eigenvalue weighted by atomic mass is 35.5. The smallest absolute Gasteiger partial charge is 0.171 e. The van der Waals surface area contributed by atoms with Crippen molar-refractivity contribution >= 4 is 34.6 Å². The molecule has 0 saturated heterocycles. The Morgan fingerprint density at radius 3 is 2.62 bits per heavy atom. The summed E-state index contributed by atoms with van der Waals surface area (Å²) in [6, 6.07) is 6.19. The predicted octanol–water partition coefficient (Wildman–Crippen LogP) is 5.87. The normalized spacial score (nSPS) is 12.6. The molecular weight excluding hydrogens is 404 g/mol. The van der Waals surface area contributed by atoms with Crippen LogP contribution < -0.4 is 5.32 Å². The number of nitrogens with zero attached hydrogens (tertiary/aromatic N) is 4. The standard InChI is InChI=1S/C17H19ClN6S.2C2H4/c1-24(2)9-11-5-6-14(25-11)17-19-8-12(18)16(21-17)20-15-7-13(22-23-15)10-3-4-10;2*1-2/h5-8,10H,3-4,9H2,1-2H3,(H2,19,20,21,22,23);2*1-2H2. The molecule has 4 rings (SSSR count). The summed E-state index contributed by atoms with van der Waals surface area (Å²) in [7, 11) is 4.11. The van der Waals surface area contributed by atoms with Gasteiger partial charge >= 0.3 is 0 Å². The van der Waals surface area contributed by atoms with Crippen molar-refractivity contribution < 1.29 is 0 Å². The average molecular weight is 431 g/mol. The van der Waals surface area contributed by atoms with Gasteiger partial charge in [-0.3, -0.25) is 5.10 Å². The largest absolute Gasteiger partial charge is 0.322 e. The van der Waals surface area contributed by atoms with Gasteiger partial charge in [0.05, 0.1) is 11.1 Å². The fourth-order valence-electron chi connectivity index (χ4n) is 2.59. The molecule has 8 heteroatoms. The summed E-state index contributed by atoms with van der Waals surface area (Å²) in [4.78, 5) is 13.4. The minimum atomic E-state index is 0.477. The van der Waals surface area contributed by atoms with Gasteiger partial charge in [0.15, 0.2) is 17.5 Å². The molecule has 1 saturated carbocycles. The van der Waals surface area contributed by atoms with Gasteiger partial charge in [-0.1, -0.05) is 11.6 Å². The Balaban J connectivity index is 0.000000707. The number of H-pyrrole nitrogens is 1. The summed E-state index contributed by atoms with van der Waals surface area (Å²) < 4.78 is 0. The van der Waals surface area contributed by atoms with Crippen LogP contribution >= 0.6 is 22.9 Å². The molecule has 1 aliphatic carbocycles. The molecule has 3 aromatic heterocycles. The third-order valence-electron chi connectivity index (χ3n) is 3.96. The summed E-state index contributed by atoms with van der Waals surface area (Å²) in [5.74, 6) is 2.59. The molecule has 1 aliphatic rings. The molecule has 0 atom stereocenters. The van der Waals surface area contributed by atoms with Crippen molar-refractivity contribution in [3.05, 3.63) is 66.3 Å². The highest BCUT2D eigenvalue weighted by Crippen LogP contribution is 2.40. The maximum Gasteiger partial charge on any atom is 0.171 e. The van der Waals surface area contributed by atoms with Crippen molar-refractivity contribution in [1.82, 2.24) is 25.1 Å². The van der Waals surface area contributed by atoms with Gasteiger partial charge < -0.3 is 10.2 Å². The van der Waals surface area contributed by atoms with Crippen LogP contribution in [0.1, 0.15) is 29.3 Å². The monoisotopic (exact) mass is 430 g/mol. The maximum absolute atomic E-state index is 6.26. The van der Waals surface area contributed by atoms with E-state index >= 15 is 0 Å². The number of hydrogen-bond acceptors (Lipinski definition) is 6. The summed E-state index contributed by atoms with van der Waals surface area (Å²) in [6.45, 7) is 12.9. The summed E-state index contributed by atoms with van der Waals surface area (Å²) in [5, 5.41) is 11.0. The molecule has 3 heterocycles. The zero-order valence-corrected chi connectivity index (χ0v) is 18.5. The molecule has 0 spiro atoms. The van der Waals surface area contributed by atoms with Crippen molar-refractivity contribution in [2.24, 2.45) is 0 Å². The van der Waals surface area contributed by atoms with E-state index in [1.807, 2.05) is 6.07 Å². The molecule has 29 heavy (non-hydrogen) atoms. The lowest BCUT2D eigenvalue weighted by molar-refractivity contribution is 0.406. The molecule has 6 nitrogen and oxygen atoms in total. The second-order valence-electron chi connectivity index (χ2n) is 6.50. The van der Waals surface area contributed by atoms with Crippen molar-refractivity contribution in [1.29, 1.82) is 0 Å². The summed E-state index contributed by atoms with van der Waals surface area (Å²) in [6.07, 6.45) is 4.09. The van der Waals surface area contributed by atoms with Crippen LogP contribution in [0.3, 0.4) is 0 Å². The number of hydrogen-bond donors (Lipinski definition) is 2. The van der Waals surface area contributed by atoms with E-state index in [0.717, 1.165) is 17.2 Å². The zero-order chi connectivity index (χ0) is 21.4. The second-order valence-corrected chi connectivity index (χ2v) is 8.08. The van der Waals surface area contributed by atoms with Crippen molar-refractivity contribution in [3.8, 4) is 10.7 Å². The summed E-state index contributed by atoms with van der Waals surface area (Å²) in [5.41, 5.74) is 1.17. The number of anilines is 2. The van der Waals surface area contributed by atoms with Crippen molar-refractivity contribution in [2.75, 3.05) is 19.4 Å². The number of halogens is 1. The molecule has 3 aromatic rings. The fourth-order valence-corrected chi connectivity index (χ4v) is 3.80. The van der Waals surface area contributed by atoms with E-state index in [1.165, 1.54) is 23.4 Å². The first kappa shape index (κ1) is 22.8. The number of aromatic amines is 1. The van der Waals surface area contributed by atoms with Gasteiger partial charge in [-0.2, -0.15) is 5.10 Å². The van der Waals surface area contributed by atoms with Crippen LogP contribution in [0, 0.1) is 0 Å². The number of nitrogens with one attached hydrogen (secondary N) is 2. The van der Waals surface area contributed by atoms with Gasteiger partial charge in [-0.05, 0) is 39.1 Å². The molecule has 0 bridgehead atoms. The fraction of sp³-hybridized carbons (Fsp3) is 0.286. The average Bonchev–Trinajstić information content (AvgIpc) is 3.30. The Hall–Kier alpha value is -2.48. The van der Waals surface area contributed by atoms with Crippen LogP contribution in [-0.2, 0) is 6.54 Å². The predicted molar refractivity (Wildman–Crippen MR) is 124 cm³/mol. The van der Waals surface area contributed by atoms with E-state index < -0.39 is 0 Å². The molecule has 0 unspecified atom stereocenters. The van der Waals surface area contributed by atoms with E-state index in [1.54, 1.807) is 17.5 Å². The van der Waals surface area contributed by atoms with Gasteiger partial charge in [-0.15, -0.1) is 37.7 Å². The molecular formula is C21H27ClN6S. The van der Waals surface area contributed by atoms with Gasteiger partial charge in [0, 0.05) is 29.1 Å². The van der Waals surface area contributed by atoms with Crippen LogP contribution in [0.5, 0.6) is 0 Å². The Bertz CT molecular complexity index is 914. The van der Waals surface area contributed by atoms with Crippen LogP contribution in [0.4, 0.5) is 11.6 Å². The molecule has 0 radical (unpaired) electrons. The lowest BCUT2D eigenvalue weighted by Crippen LogP contribution is -2.09. The topological polar surface area (TPSA) is 69.7 Å². The lowest BCUT2D eigenvalue weighted by Gasteiger charge is -2.07. The molecule has 0 amide bonds. The van der Waals surface area contributed by atoms with Crippen LogP contribution in [-0.4, -0.2) is 39.2 Å². The van der Waals surface area contributed by atoms with Crippen LogP contribution in [0.25, 0.3) is 10.7 Å². The number of rotatable bonds is 6. The Kier molecular flexibility index (Phi) is 8.57. The van der Waals surface area contributed by atoms with Gasteiger partial charge in [-0.25, -0.2) is 9.97 Å². The minimum Gasteiger partial charge on any atom is -0.322 e. The van der Waals surface area contributed by atoms with Crippen LogP contribution in [0.15, 0.2) is 50.7 Å².